The topological polar surface area (TPSA) is 32.3 Å². The van der Waals surface area contributed by atoms with E-state index in [4.69, 9.17) is 0 Å². The smallest absolute Gasteiger partial charge is 0.258 e. The van der Waals surface area contributed by atoms with Crippen molar-refractivity contribution in [1.82, 2.24) is 0 Å². The van der Waals surface area contributed by atoms with Crippen LogP contribution in [0.15, 0.2) is 78.9 Å². The van der Waals surface area contributed by atoms with E-state index in [1.54, 1.807) is 0 Å². The van der Waals surface area contributed by atoms with Crippen molar-refractivity contribution >= 4 is 17.3 Å². The second-order valence-corrected chi connectivity index (χ2v) is 9.22. The van der Waals surface area contributed by atoms with Crippen molar-refractivity contribution in [2.24, 2.45) is 0 Å². The molecule has 1 aliphatic heterocycles. The Morgan fingerprint density at radius 1 is 0.900 bits per heavy atom. The molecule has 0 aliphatic carbocycles. The zero-order valence-electron chi connectivity index (χ0n) is 18.2. The average Bonchev–Trinajstić information content (AvgIpc) is 2.74. The summed E-state index contributed by atoms with van der Waals surface area (Å²) in [5.41, 5.74) is 5.21. The number of carbonyl (C=O) groups excluding carboxylic acids is 1. The fraction of sp³-hybridized carbons (Fsp3) is 0.296. The summed E-state index contributed by atoms with van der Waals surface area (Å²) in [5, 5.41) is 3.56. The number of rotatable bonds is 3. The van der Waals surface area contributed by atoms with Gasteiger partial charge in [0.05, 0.1) is 6.04 Å². The molecule has 3 nitrogen and oxygen atoms in total. The molecule has 30 heavy (non-hydrogen) atoms. The number of hydrogen-bond donors (Lipinski definition) is 1. The molecule has 1 amide bonds. The summed E-state index contributed by atoms with van der Waals surface area (Å²) in [6.45, 7) is 8.74. The van der Waals surface area contributed by atoms with Crippen LogP contribution >= 0.6 is 0 Å². The van der Waals surface area contributed by atoms with Crippen LogP contribution in [-0.2, 0) is 5.41 Å². The Kier molecular flexibility index (Phi) is 5.38. The Balaban J connectivity index is 1.78. The van der Waals surface area contributed by atoms with E-state index >= 15 is 0 Å². The van der Waals surface area contributed by atoms with Gasteiger partial charge < -0.3 is 10.2 Å². The van der Waals surface area contributed by atoms with Crippen LogP contribution in [0.25, 0.3) is 0 Å². The summed E-state index contributed by atoms with van der Waals surface area (Å²) in [5.74, 6) is 0.0376. The lowest BCUT2D eigenvalue weighted by molar-refractivity contribution is 0.0974. The first kappa shape index (κ1) is 20.2. The van der Waals surface area contributed by atoms with E-state index < -0.39 is 0 Å². The van der Waals surface area contributed by atoms with E-state index in [9.17, 15) is 4.79 Å². The van der Waals surface area contributed by atoms with E-state index in [2.05, 4.69) is 63.3 Å². The van der Waals surface area contributed by atoms with E-state index in [1.807, 2.05) is 53.4 Å². The maximum Gasteiger partial charge on any atom is 0.258 e. The van der Waals surface area contributed by atoms with E-state index in [0.29, 0.717) is 0 Å². The Hall–Kier alpha value is -3.07. The van der Waals surface area contributed by atoms with Gasteiger partial charge in [-0.3, -0.25) is 4.79 Å². The molecule has 0 unspecified atom stereocenters. The molecule has 0 saturated carbocycles. The highest BCUT2D eigenvalue weighted by molar-refractivity contribution is 6.06. The first-order valence-corrected chi connectivity index (χ1v) is 10.7. The summed E-state index contributed by atoms with van der Waals surface area (Å²) in [6.07, 6.45) is 0.859. The Morgan fingerprint density at radius 3 is 2.20 bits per heavy atom. The number of para-hydroxylation sites is 2. The van der Waals surface area contributed by atoms with Gasteiger partial charge in [0.1, 0.15) is 0 Å². The molecule has 0 spiro atoms. The highest BCUT2D eigenvalue weighted by Gasteiger charge is 2.33. The number of benzene rings is 3. The maximum atomic E-state index is 13.8. The second-order valence-electron chi connectivity index (χ2n) is 9.22. The zero-order valence-corrected chi connectivity index (χ0v) is 18.2. The van der Waals surface area contributed by atoms with Crippen LogP contribution in [0.3, 0.4) is 0 Å². The number of carbonyl (C=O) groups is 1. The standard InChI is InChI=1S/C27H30N2O/c1-19-18-25(23-12-8-9-13-24(23)28-19)29(22-10-6-5-7-11-22)26(30)20-14-16-21(17-15-20)27(2,3)4/h5-17,19,25,28H,18H2,1-4H3/t19-,25+/m1/s1. The molecule has 0 aromatic heterocycles. The summed E-state index contributed by atoms with van der Waals surface area (Å²) < 4.78 is 0. The first-order chi connectivity index (χ1) is 14.3. The van der Waals surface area contributed by atoms with Crippen LogP contribution in [0, 0.1) is 0 Å². The van der Waals surface area contributed by atoms with Gasteiger partial charge in [0, 0.05) is 23.0 Å². The van der Waals surface area contributed by atoms with E-state index in [1.165, 1.54) is 11.1 Å². The van der Waals surface area contributed by atoms with Gasteiger partial charge in [-0.2, -0.15) is 0 Å². The predicted octanol–water partition coefficient (Wildman–Crippen LogP) is 6.58. The molecule has 3 aromatic carbocycles. The van der Waals surface area contributed by atoms with Gasteiger partial charge in [-0.15, -0.1) is 0 Å². The molecule has 3 heteroatoms. The molecule has 1 aliphatic rings. The summed E-state index contributed by atoms with van der Waals surface area (Å²) in [7, 11) is 0. The predicted molar refractivity (Wildman–Crippen MR) is 125 cm³/mol. The highest BCUT2D eigenvalue weighted by Crippen LogP contribution is 2.39. The van der Waals surface area contributed by atoms with Gasteiger partial charge in [0.15, 0.2) is 0 Å². The first-order valence-electron chi connectivity index (χ1n) is 10.7. The molecular weight excluding hydrogens is 368 g/mol. The average molecular weight is 399 g/mol. The van der Waals surface area contributed by atoms with Gasteiger partial charge >= 0.3 is 0 Å². The van der Waals surface area contributed by atoms with Crippen molar-refractivity contribution in [3.05, 3.63) is 95.6 Å². The summed E-state index contributed by atoms with van der Waals surface area (Å²) >= 11 is 0. The monoisotopic (exact) mass is 398 g/mol. The number of hydrogen-bond acceptors (Lipinski definition) is 2. The normalized spacial score (nSPS) is 18.3. The van der Waals surface area contributed by atoms with Gasteiger partial charge in [-0.1, -0.05) is 69.3 Å². The third-order valence-corrected chi connectivity index (χ3v) is 5.86. The highest BCUT2D eigenvalue weighted by atomic mass is 16.2. The molecule has 3 aromatic rings. The number of amides is 1. The van der Waals surface area contributed by atoms with E-state index in [0.717, 1.165) is 23.4 Å². The van der Waals surface area contributed by atoms with E-state index in [-0.39, 0.29) is 23.4 Å². The lowest BCUT2D eigenvalue weighted by Crippen LogP contribution is -2.40. The minimum atomic E-state index is -0.0188. The van der Waals surface area contributed by atoms with Crippen molar-refractivity contribution in [1.29, 1.82) is 0 Å². The lowest BCUT2D eigenvalue weighted by atomic mass is 9.86. The molecule has 0 fully saturated rings. The van der Waals surface area contributed by atoms with Crippen molar-refractivity contribution in [2.45, 2.75) is 51.6 Å². The molecule has 2 atom stereocenters. The van der Waals surface area contributed by atoms with Crippen LogP contribution in [0.2, 0.25) is 0 Å². The summed E-state index contributed by atoms with van der Waals surface area (Å²) in [6, 6.07) is 26.7. The Morgan fingerprint density at radius 2 is 1.53 bits per heavy atom. The Labute approximate surface area is 179 Å². The molecule has 1 heterocycles. The number of nitrogens with one attached hydrogen (secondary N) is 1. The van der Waals surface area contributed by atoms with Crippen LogP contribution in [0.4, 0.5) is 11.4 Å². The molecule has 0 bridgehead atoms. The van der Waals surface area contributed by atoms with Crippen molar-refractivity contribution in [2.75, 3.05) is 10.2 Å². The van der Waals surface area contributed by atoms with Gasteiger partial charge in [-0.05, 0) is 60.2 Å². The number of fused-ring (bicyclic) bond motifs is 1. The third kappa shape index (κ3) is 3.97. The van der Waals surface area contributed by atoms with Crippen molar-refractivity contribution < 1.29 is 4.79 Å². The van der Waals surface area contributed by atoms with Crippen LogP contribution < -0.4 is 10.2 Å². The maximum absolute atomic E-state index is 13.8. The number of anilines is 2. The number of nitrogens with zero attached hydrogens (tertiary/aromatic N) is 1. The Bertz CT molecular complexity index is 1020. The summed E-state index contributed by atoms with van der Waals surface area (Å²) in [4.78, 5) is 15.8. The van der Waals surface area contributed by atoms with Crippen molar-refractivity contribution in [3.63, 3.8) is 0 Å². The van der Waals surface area contributed by atoms with Crippen LogP contribution in [0.1, 0.15) is 61.6 Å². The third-order valence-electron chi connectivity index (χ3n) is 5.86. The van der Waals surface area contributed by atoms with Crippen LogP contribution in [0.5, 0.6) is 0 Å². The van der Waals surface area contributed by atoms with Gasteiger partial charge in [-0.25, -0.2) is 0 Å². The molecule has 4 rings (SSSR count). The SMILES string of the molecule is C[C@@H]1C[C@H](N(C(=O)c2ccc(C(C)(C)C)cc2)c2ccccc2)c2ccccc2N1. The second kappa shape index (κ2) is 7.98. The fourth-order valence-electron chi connectivity index (χ4n) is 4.23. The molecule has 154 valence electrons. The molecule has 0 radical (unpaired) electrons. The largest absolute Gasteiger partial charge is 0.382 e. The lowest BCUT2D eigenvalue weighted by Gasteiger charge is -2.39. The quantitative estimate of drug-likeness (QED) is 0.541. The van der Waals surface area contributed by atoms with Crippen LogP contribution in [-0.4, -0.2) is 11.9 Å². The van der Waals surface area contributed by atoms with Crippen molar-refractivity contribution in [3.8, 4) is 0 Å². The van der Waals surface area contributed by atoms with Gasteiger partial charge in [0.2, 0.25) is 0 Å². The fourth-order valence-corrected chi connectivity index (χ4v) is 4.23. The zero-order chi connectivity index (χ0) is 21.3. The minimum absolute atomic E-state index is 0.0188. The van der Waals surface area contributed by atoms with Gasteiger partial charge in [0.25, 0.3) is 5.91 Å². The minimum Gasteiger partial charge on any atom is -0.382 e. The molecule has 0 saturated heterocycles. The molecular formula is C27H30N2O. The molecule has 1 N–H and O–H groups in total.